The summed E-state index contributed by atoms with van der Waals surface area (Å²) in [5.74, 6) is 0.835. The number of nitrogens with zero attached hydrogens (tertiary/aromatic N) is 4. The van der Waals surface area contributed by atoms with E-state index in [1.165, 1.54) is 5.39 Å². The lowest BCUT2D eigenvalue weighted by atomic mass is 10.1. The number of amides is 2. The molecule has 0 aliphatic rings. The maximum atomic E-state index is 11.7. The smallest absolute Gasteiger partial charge is 0.407 e. The van der Waals surface area contributed by atoms with E-state index >= 15 is 0 Å². The van der Waals surface area contributed by atoms with Crippen molar-refractivity contribution in [3.05, 3.63) is 70.8 Å². The molecule has 12 nitrogen and oxygen atoms in total. The summed E-state index contributed by atoms with van der Waals surface area (Å²) in [4.78, 5) is 40.3. The average molecular weight is 710 g/mol. The van der Waals surface area contributed by atoms with Crippen LogP contribution in [0.1, 0.15) is 65.8 Å². The molecular formula is C34H45BrN8O4. The lowest BCUT2D eigenvalue weighted by molar-refractivity contribution is 0.0515. The van der Waals surface area contributed by atoms with Gasteiger partial charge in [0, 0.05) is 18.7 Å². The Morgan fingerprint density at radius 3 is 1.81 bits per heavy atom. The number of rotatable bonds is 9. The highest BCUT2D eigenvalue weighted by atomic mass is 79.9. The van der Waals surface area contributed by atoms with Crippen molar-refractivity contribution in [1.82, 2.24) is 30.6 Å². The Labute approximate surface area is 284 Å². The van der Waals surface area contributed by atoms with Crippen molar-refractivity contribution in [3.8, 4) is 11.3 Å². The van der Waals surface area contributed by atoms with Gasteiger partial charge < -0.3 is 31.6 Å². The first-order chi connectivity index (χ1) is 22.1. The minimum atomic E-state index is -0.506. The van der Waals surface area contributed by atoms with E-state index in [9.17, 15) is 9.59 Å². The molecule has 0 radical (unpaired) electrons. The molecule has 2 heterocycles. The topological polar surface area (TPSA) is 180 Å². The number of aromatic nitrogens is 4. The average Bonchev–Trinajstić information content (AvgIpc) is 2.98. The molecule has 4 aromatic rings. The van der Waals surface area contributed by atoms with E-state index in [2.05, 4.69) is 65.8 Å². The standard InChI is InChI=1S/C22H26N4O2.C12H19BrN4O2/c1-22(2,3)28-21(27)24-12-6-9-18-20(23)25-14-19(26-18)17-11-10-15-7-4-5-8-16(15)13-17;1-12(2,3)19-11(18)15-6-4-5-8-10(14)16-7-9(13)17-8/h4-5,7-8,10-11,13-14H,6,9,12H2,1-3H3,(H2,23,25)(H,24,27);7H,4-6H2,1-3H3,(H2,14,16)(H,15,18). The Morgan fingerprint density at radius 1 is 0.745 bits per heavy atom. The number of carbonyl (C=O) groups is 2. The molecule has 6 N–H and O–H groups in total. The van der Waals surface area contributed by atoms with E-state index in [1.807, 2.05) is 59.7 Å². The van der Waals surface area contributed by atoms with Gasteiger partial charge in [0.05, 0.1) is 29.5 Å². The first-order valence-electron chi connectivity index (χ1n) is 15.4. The van der Waals surface area contributed by atoms with Gasteiger partial charge in [0.25, 0.3) is 0 Å². The van der Waals surface area contributed by atoms with Gasteiger partial charge >= 0.3 is 12.2 Å². The lowest BCUT2D eigenvalue weighted by Gasteiger charge is -2.19. The summed E-state index contributed by atoms with van der Waals surface area (Å²) in [5, 5.41) is 7.76. The monoisotopic (exact) mass is 708 g/mol. The SMILES string of the molecule is CC(C)(C)OC(=O)NCCCc1nc(-c2ccc3ccccc3c2)cnc1N.CC(C)(C)OC(=O)NCCCc1nc(Br)cnc1N. The van der Waals surface area contributed by atoms with Crippen LogP contribution in [0.25, 0.3) is 22.0 Å². The van der Waals surface area contributed by atoms with E-state index in [1.54, 1.807) is 12.4 Å². The number of nitrogens with two attached hydrogens (primary N) is 2. The van der Waals surface area contributed by atoms with Gasteiger partial charge in [-0.15, -0.1) is 0 Å². The second kappa shape index (κ2) is 16.9. The Hall–Kier alpha value is -4.52. The summed E-state index contributed by atoms with van der Waals surface area (Å²) in [6.07, 6.45) is 5.09. The Kier molecular flexibility index (Phi) is 13.3. The number of ether oxygens (including phenoxy) is 2. The summed E-state index contributed by atoms with van der Waals surface area (Å²) >= 11 is 3.24. The molecule has 0 atom stereocenters. The Morgan fingerprint density at radius 2 is 1.26 bits per heavy atom. The quantitative estimate of drug-likeness (QED) is 0.138. The number of aryl methyl sites for hydroxylation is 2. The van der Waals surface area contributed by atoms with Gasteiger partial charge in [0.2, 0.25) is 0 Å². The molecule has 47 heavy (non-hydrogen) atoms. The minimum absolute atomic E-state index is 0.416. The van der Waals surface area contributed by atoms with Crippen LogP contribution in [0, 0.1) is 0 Å². The number of benzene rings is 2. The molecule has 13 heteroatoms. The van der Waals surface area contributed by atoms with Crippen LogP contribution in [0.3, 0.4) is 0 Å². The first kappa shape index (κ1) is 36.9. The summed E-state index contributed by atoms with van der Waals surface area (Å²) in [6, 6.07) is 14.4. The third kappa shape index (κ3) is 13.4. The maximum absolute atomic E-state index is 11.7. The van der Waals surface area contributed by atoms with Gasteiger partial charge in [-0.05, 0) is 100.0 Å². The highest BCUT2D eigenvalue weighted by Crippen LogP contribution is 2.24. The first-order valence-corrected chi connectivity index (χ1v) is 16.2. The highest BCUT2D eigenvalue weighted by Gasteiger charge is 2.16. The van der Waals surface area contributed by atoms with Crippen LogP contribution in [0.15, 0.2) is 59.5 Å². The minimum Gasteiger partial charge on any atom is -0.444 e. The van der Waals surface area contributed by atoms with E-state index in [4.69, 9.17) is 25.9 Å². The summed E-state index contributed by atoms with van der Waals surface area (Å²) in [7, 11) is 0. The molecule has 0 fully saturated rings. The molecule has 0 saturated carbocycles. The summed E-state index contributed by atoms with van der Waals surface area (Å²) < 4.78 is 11.0. The van der Waals surface area contributed by atoms with Gasteiger partial charge in [-0.2, -0.15) is 0 Å². The van der Waals surface area contributed by atoms with E-state index in [0.29, 0.717) is 55.0 Å². The number of carbonyl (C=O) groups excluding carboxylic acids is 2. The molecule has 0 bridgehead atoms. The Balaban J connectivity index is 0.000000277. The largest absolute Gasteiger partial charge is 0.444 e. The molecule has 2 aromatic carbocycles. The normalized spacial score (nSPS) is 11.3. The van der Waals surface area contributed by atoms with Gasteiger partial charge in [-0.3, -0.25) is 0 Å². The third-order valence-corrected chi connectivity index (χ3v) is 6.67. The van der Waals surface area contributed by atoms with E-state index in [-0.39, 0.29) is 0 Å². The molecule has 0 aliphatic heterocycles. The molecular weight excluding hydrogens is 664 g/mol. The second-order valence-corrected chi connectivity index (χ2v) is 13.6. The van der Waals surface area contributed by atoms with Crippen molar-refractivity contribution in [2.45, 2.75) is 78.4 Å². The fourth-order valence-corrected chi connectivity index (χ4v) is 4.54. The molecule has 2 aromatic heterocycles. The van der Waals surface area contributed by atoms with E-state index < -0.39 is 23.4 Å². The molecule has 2 amide bonds. The number of nitrogens with one attached hydrogen (secondary N) is 2. The molecule has 4 rings (SSSR count). The number of alkyl carbamates (subject to hydrolysis) is 2. The van der Waals surface area contributed by atoms with Crippen molar-refractivity contribution >= 4 is 50.5 Å². The molecule has 0 aliphatic carbocycles. The zero-order valence-corrected chi connectivity index (χ0v) is 29.5. The van der Waals surface area contributed by atoms with Crippen molar-refractivity contribution in [2.24, 2.45) is 0 Å². The van der Waals surface area contributed by atoms with Crippen LogP contribution in [-0.2, 0) is 22.3 Å². The number of fused-ring (bicyclic) bond motifs is 1. The molecule has 0 spiro atoms. The van der Waals surface area contributed by atoms with Crippen LogP contribution in [0.5, 0.6) is 0 Å². The van der Waals surface area contributed by atoms with Crippen molar-refractivity contribution < 1.29 is 19.1 Å². The van der Waals surface area contributed by atoms with Crippen molar-refractivity contribution in [2.75, 3.05) is 24.6 Å². The zero-order valence-electron chi connectivity index (χ0n) is 27.9. The predicted octanol–water partition coefficient (Wildman–Crippen LogP) is 6.61. The van der Waals surface area contributed by atoms with Crippen LogP contribution in [0.4, 0.5) is 21.2 Å². The summed E-state index contributed by atoms with van der Waals surface area (Å²) in [6.45, 7) is 12.0. The van der Waals surface area contributed by atoms with Crippen molar-refractivity contribution in [1.29, 1.82) is 0 Å². The van der Waals surface area contributed by atoms with Crippen LogP contribution >= 0.6 is 15.9 Å². The molecule has 252 valence electrons. The lowest BCUT2D eigenvalue weighted by Crippen LogP contribution is -2.33. The van der Waals surface area contributed by atoms with Crippen LogP contribution in [-0.4, -0.2) is 56.4 Å². The third-order valence-electron chi connectivity index (χ3n) is 6.29. The zero-order chi connectivity index (χ0) is 34.6. The number of nitrogen functional groups attached to an aromatic ring is 2. The summed E-state index contributed by atoms with van der Waals surface area (Å²) in [5.41, 5.74) is 14.0. The van der Waals surface area contributed by atoms with Gasteiger partial charge in [-0.25, -0.2) is 29.5 Å². The predicted molar refractivity (Wildman–Crippen MR) is 189 cm³/mol. The highest BCUT2D eigenvalue weighted by molar-refractivity contribution is 9.10. The van der Waals surface area contributed by atoms with Crippen LogP contribution in [0.2, 0.25) is 0 Å². The van der Waals surface area contributed by atoms with Gasteiger partial charge in [0.1, 0.15) is 27.4 Å². The van der Waals surface area contributed by atoms with E-state index in [0.717, 1.165) is 28.0 Å². The van der Waals surface area contributed by atoms with Crippen LogP contribution < -0.4 is 22.1 Å². The van der Waals surface area contributed by atoms with Crippen molar-refractivity contribution in [3.63, 3.8) is 0 Å². The fourth-order valence-electron chi connectivity index (χ4n) is 4.23. The maximum Gasteiger partial charge on any atom is 0.407 e. The number of halogens is 1. The number of hydrogen-bond donors (Lipinski definition) is 4. The molecule has 0 unspecified atom stereocenters. The number of anilines is 2. The molecule has 0 saturated heterocycles. The van der Waals surface area contributed by atoms with Gasteiger partial charge in [0.15, 0.2) is 0 Å². The second-order valence-electron chi connectivity index (χ2n) is 12.7. The fraction of sp³-hybridized carbons (Fsp3) is 0.412. The Bertz CT molecular complexity index is 1650. The van der Waals surface area contributed by atoms with Gasteiger partial charge in [-0.1, -0.05) is 36.4 Å². The number of hydrogen-bond acceptors (Lipinski definition) is 10.